The highest BCUT2D eigenvalue weighted by Crippen LogP contribution is 2.35. The van der Waals surface area contributed by atoms with Gasteiger partial charge in [0.1, 0.15) is 7.85 Å². The summed E-state index contributed by atoms with van der Waals surface area (Å²) in [5, 5.41) is 4.53. The van der Waals surface area contributed by atoms with E-state index in [9.17, 15) is 28.0 Å². The first kappa shape index (κ1) is 23.9. The smallest absolute Gasteiger partial charge is 0.346 e. The predicted octanol–water partition coefficient (Wildman–Crippen LogP) is 1.57. The van der Waals surface area contributed by atoms with Crippen LogP contribution in [0.3, 0.4) is 0 Å². The number of alkyl halides is 2. The molecule has 1 saturated heterocycles. The van der Waals surface area contributed by atoms with Crippen LogP contribution in [0.15, 0.2) is 42.5 Å². The van der Waals surface area contributed by atoms with Crippen molar-refractivity contribution in [2.75, 3.05) is 0 Å². The Morgan fingerprint density at radius 2 is 1.88 bits per heavy atom. The molecule has 0 bridgehead atoms. The van der Waals surface area contributed by atoms with Gasteiger partial charge in [-0.05, 0) is 35.7 Å². The fraction of sp³-hybridized carbons (Fsp3) is 0.273. The van der Waals surface area contributed by atoms with Gasteiger partial charge in [-0.15, -0.1) is 0 Å². The summed E-state index contributed by atoms with van der Waals surface area (Å²) in [6, 6.07) is 9.19. The molecule has 2 atom stereocenters. The van der Waals surface area contributed by atoms with Crippen molar-refractivity contribution >= 4 is 50.9 Å². The van der Waals surface area contributed by atoms with Crippen LogP contribution in [0.1, 0.15) is 33.5 Å². The highest BCUT2D eigenvalue weighted by Gasteiger charge is 2.49. The normalized spacial score (nSPS) is 22.4. The van der Waals surface area contributed by atoms with Crippen molar-refractivity contribution in [1.29, 1.82) is 0 Å². The van der Waals surface area contributed by atoms with E-state index < -0.39 is 46.4 Å². The Morgan fingerprint density at radius 3 is 2.56 bits per heavy atom. The van der Waals surface area contributed by atoms with Gasteiger partial charge in [-0.25, -0.2) is 0 Å². The first-order valence-corrected chi connectivity index (χ1v) is 10.6. The molecule has 7 nitrogen and oxygen atoms in total. The lowest BCUT2D eigenvalue weighted by molar-refractivity contribution is -0.147. The zero-order valence-electron chi connectivity index (χ0n) is 17.6. The van der Waals surface area contributed by atoms with Crippen LogP contribution in [-0.2, 0) is 33.4 Å². The zero-order valence-corrected chi connectivity index (χ0v) is 18.4. The Balaban J connectivity index is 1.47. The molecule has 2 N–H and O–H groups in total. The number of imide groups is 1. The molecule has 1 fully saturated rings. The van der Waals surface area contributed by atoms with E-state index in [1.165, 1.54) is 24.3 Å². The van der Waals surface area contributed by atoms with Crippen molar-refractivity contribution in [3.63, 3.8) is 0 Å². The van der Waals surface area contributed by atoms with Gasteiger partial charge in [0.15, 0.2) is 0 Å². The van der Waals surface area contributed by atoms with Crippen molar-refractivity contribution in [3.8, 4) is 0 Å². The van der Waals surface area contributed by atoms with Gasteiger partial charge < -0.3 is 10.2 Å². The number of rotatable bonds is 5. The maximum Gasteiger partial charge on any atom is 0.349 e. The Labute approximate surface area is 201 Å². The fourth-order valence-corrected chi connectivity index (χ4v) is 4.08. The lowest BCUT2D eigenvalue weighted by atomic mass is 9.62. The van der Waals surface area contributed by atoms with E-state index in [1.807, 2.05) is 0 Å². The highest BCUT2D eigenvalue weighted by atomic mass is 35.5. The Bertz CT molecular complexity index is 1210. The number of fused-ring (bicyclic) bond motifs is 1. The van der Waals surface area contributed by atoms with Gasteiger partial charge in [0.25, 0.3) is 11.8 Å². The standard InChI is InChI=1S/C22H16B2ClF2N3O4/c23-16-8-21(24,19(33)29-17(16)31)30-10-12-7-11(1-6-15(12)18(30)32)9-28-20(34)22(26,27)13-2-4-14(25)5-3-13/h1-7,16H,8-10H2,(H,28,34)(H,29,31,33). The van der Waals surface area contributed by atoms with Crippen LogP contribution < -0.4 is 10.6 Å². The molecule has 12 heteroatoms. The quantitative estimate of drug-likeness (QED) is 0.501. The first-order valence-electron chi connectivity index (χ1n) is 10.2. The fourth-order valence-electron chi connectivity index (χ4n) is 3.96. The lowest BCUT2D eigenvalue weighted by Gasteiger charge is -2.42. The number of halogens is 3. The molecule has 2 aromatic rings. The zero-order chi connectivity index (χ0) is 24.8. The maximum absolute atomic E-state index is 14.5. The molecule has 0 aromatic heterocycles. The van der Waals surface area contributed by atoms with Gasteiger partial charge in [0.05, 0.1) is 13.3 Å². The highest BCUT2D eigenvalue weighted by molar-refractivity contribution is 6.36. The number of piperidine rings is 1. The average Bonchev–Trinajstić information content (AvgIpc) is 3.13. The average molecular weight is 481 g/mol. The number of carbonyl (C=O) groups excluding carboxylic acids is 4. The van der Waals surface area contributed by atoms with Gasteiger partial charge in [-0.1, -0.05) is 35.9 Å². The van der Waals surface area contributed by atoms with E-state index in [2.05, 4.69) is 10.6 Å². The van der Waals surface area contributed by atoms with Crippen LogP contribution >= 0.6 is 11.6 Å². The van der Waals surface area contributed by atoms with E-state index in [4.69, 9.17) is 27.3 Å². The number of nitrogens with zero attached hydrogens (tertiary/aromatic N) is 1. The van der Waals surface area contributed by atoms with Crippen molar-refractivity contribution in [1.82, 2.24) is 15.5 Å². The summed E-state index contributed by atoms with van der Waals surface area (Å²) in [6.45, 7) is -0.279. The third-order valence-electron chi connectivity index (χ3n) is 5.90. The summed E-state index contributed by atoms with van der Waals surface area (Å²) < 4.78 is 28.9. The number of nitrogens with one attached hydrogen (secondary N) is 2. The molecule has 0 saturated carbocycles. The van der Waals surface area contributed by atoms with E-state index in [0.717, 1.165) is 17.0 Å². The second kappa shape index (κ2) is 8.54. The van der Waals surface area contributed by atoms with Crippen molar-refractivity contribution in [3.05, 3.63) is 69.7 Å². The number of benzene rings is 2. The van der Waals surface area contributed by atoms with Gasteiger partial charge in [-0.2, -0.15) is 8.78 Å². The van der Waals surface area contributed by atoms with Crippen molar-refractivity contribution < 1.29 is 28.0 Å². The topological polar surface area (TPSA) is 95.6 Å². The molecule has 0 spiro atoms. The molecule has 0 aliphatic carbocycles. The molecule has 2 unspecified atom stereocenters. The third kappa shape index (κ3) is 4.09. The molecule has 34 heavy (non-hydrogen) atoms. The Kier molecular flexibility index (Phi) is 6.01. The minimum absolute atomic E-state index is 0.0539. The minimum atomic E-state index is -3.77. The second-order valence-electron chi connectivity index (χ2n) is 8.20. The number of hydrogen-bond donors (Lipinski definition) is 2. The summed E-state index contributed by atoms with van der Waals surface area (Å²) >= 11 is 5.71. The minimum Gasteiger partial charge on any atom is -0.346 e. The van der Waals surface area contributed by atoms with Crippen LogP contribution in [-0.4, -0.2) is 49.7 Å². The van der Waals surface area contributed by atoms with E-state index in [1.54, 1.807) is 6.07 Å². The van der Waals surface area contributed by atoms with Crippen molar-refractivity contribution in [2.45, 2.75) is 36.7 Å². The van der Waals surface area contributed by atoms with Crippen LogP contribution in [0.5, 0.6) is 0 Å². The van der Waals surface area contributed by atoms with Crippen LogP contribution in [0.2, 0.25) is 10.8 Å². The van der Waals surface area contributed by atoms with E-state index in [-0.39, 0.29) is 30.1 Å². The van der Waals surface area contributed by atoms with Crippen molar-refractivity contribution in [2.24, 2.45) is 0 Å². The van der Waals surface area contributed by atoms with Gasteiger partial charge >= 0.3 is 5.92 Å². The monoisotopic (exact) mass is 481 g/mol. The molecule has 4 rings (SSSR count). The molecule has 2 heterocycles. The van der Waals surface area contributed by atoms with E-state index >= 15 is 0 Å². The summed E-state index contributed by atoms with van der Waals surface area (Å²) in [4.78, 5) is 50.2. The SMILES string of the molecule is [B]C1CC([B])(N2Cc3cc(CNC(=O)C(F)(F)c4ccc(Cl)cc4)ccc3C2=O)C(=O)NC1=O. The first-order chi connectivity index (χ1) is 15.9. The van der Waals surface area contributed by atoms with E-state index in [0.29, 0.717) is 11.1 Å². The maximum atomic E-state index is 14.5. The summed E-state index contributed by atoms with van der Waals surface area (Å²) in [5.41, 5.74) is -1.10. The molecule has 4 amide bonds. The molecular weight excluding hydrogens is 465 g/mol. The van der Waals surface area contributed by atoms with Crippen LogP contribution in [0, 0.1) is 0 Å². The van der Waals surface area contributed by atoms with Gasteiger partial charge in [-0.3, -0.25) is 24.5 Å². The number of carbonyl (C=O) groups is 4. The second-order valence-corrected chi connectivity index (χ2v) is 8.64. The lowest BCUT2D eigenvalue weighted by Crippen LogP contribution is -2.64. The van der Waals surface area contributed by atoms with Crippen LogP contribution in [0.4, 0.5) is 8.78 Å². The predicted molar refractivity (Wildman–Crippen MR) is 119 cm³/mol. The summed E-state index contributed by atoms with van der Waals surface area (Å²) in [5.74, 6) is -8.37. The molecule has 2 aliphatic rings. The molecule has 2 aromatic carbocycles. The molecule has 170 valence electrons. The Hall–Kier alpha value is -3.20. The van der Waals surface area contributed by atoms with Crippen LogP contribution in [0.25, 0.3) is 0 Å². The van der Waals surface area contributed by atoms with Gasteiger partial charge in [0, 0.05) is 35.1 Å². The van der Waals surface area contributed by atoms with Gasteiger partial charge in [0.2, 0.25) is 11.8 Å². The molecule has 4 radical (unpaired) electrons. The Morgan fingerprint density at radius 1 is 1.21 bits per heavy atom. The summed E-state index contributed by atoms with van der Waals surface area (Å²) in [7, 11) is 11.9. The molecule has 2 aliphatic heterocycles. The summed E-state index contributed by atoms with van der Waals surface area (Å²) in [6.07, 6.45) is -0.250. The number of amides is 4. The largest absolute Gasteiger partial charge is 0.349 e. The molecular formula is C22H16B2ClF2N3O4. The number of hydrogen-bond acceptors (Lipinski definition) is 4. The third-order valence-corrected chi connectivity index (χ3v) is 6.15.